The van der Waals surface area contributed by atoms with Crippen LogP contribution in [0.1, 0.15) is 16.7 Å². The third-order valence-electron chi connectivity index (χ3n) is 4.83. The maximum Gasteiger partial charge on any atom is 0.161 e. The lowest BCUT2D eigenvalue weighted by molar-refractivity contribution is 0.284. The monoisotopic (exact) mass is 407 g/mol. The Hall–Kier alpha value is -3.18. The topological polar surface area (TPSA) is 49.0 Å². The fraction of sp³-hybridized carbons (Fsp3) is 0.280. The summed E-state index contributed by atoms with van der Waals surface area (Å²) in [4.78, 5) is 0. The van der Waals surface area contributed by atoms with Gasteiger partial charge in [0.05, 0.1) is 21.3 Å². The highest BCUT2D eigenvalue weighted by molar-refractivity contribution is 5.44. The molecule has 30 heavy (non-hydrogen) atoms. The number of hydrogen-bond donors (Lipinski definition) is 1. The summed E-state index contributed by atoms with van der Waals surface area (Å²) in [5.74, 6) is 2.99. The second kappa shape index (κ2) is 11.1. The molecule has 0 aromatic heterocycles. The van der Waals surface area contributed by atoms with Crippen LogP contribution in [0.15, 0.2) is 66.7 Å². The first-order valence-corrected chi connectivity index (χ1v) is 9.98. The van der Waals surface area contributed by atoms with E-state index in [1.807, 2.05) is 54.6 Å². The van der Waals surface area contributed by atoms with Crippen LogP contribution in [0, 0.1) is 0 Å². The van der Waals surface area contributed by atoms with Crippen LogP contribution in [-0.4, -0.2) is 27.9 Å². The van der Waals surface area contributed by atoms with Gasteiger partial charge < -0.3 is 24.3 Å². The van der Waals surface area contributed by atoms with Gasteiger partial charge in [0.25, 0.3) is 0 Å². The van der Waals surface area contributed by atoms with Crippen LogP contribution in [0.5, 0.6) is 23.0 Å². The van der Waals surface area contributed by atoms with Crippen LogP contribution in [-0.2, 0) is 19.6 Å². The van der Waals surface area contributed by atoms with E-state index in [2.05, 4.69) is 17.4 Å². The van der Waals surface area contributed by atoms with Gasteiger partial charge in [-0.2, -0.15) is 0 Å². The van der Waals surface area contributed by atoms with Crippen LogP contribution < -0.4 is 24.3 Å². The molecule has 5 heteroatoms. The van der Waals surface area contributed by atoms with Crippen molar-refractivity contribution in [2.75, 3.05) is 27.9 Å². The Morgan fingerprint density at radius 2 is 1.27 bits per heavy atom. The van der Waals surface area contributed by atoms with Gasteiger partial charge in [0, 0.05) is 6.54 Å². The molecule has 0 spiro atoms. The van der Waals surface area contributed by atoms with E-state index >= 15 is 0 Å². The van der Waals surface area contributed by atoms with Gasteiger partial charge in [-0.05, 0) is 53.9 Å². The molecule has 0 saturated carbocycles. The molecule has 0 unspecified atom stereocenters. The van der Waals surface area contributed by atoms with Gasteiger partial charge in [0.15, 0.2) is 23.0 Å². The third kappa shape index (κ3) is 5.91. The molecule has 0 aliphatic heterocycles. The van der Waals surface area contributed by atoms with Gasteiger partial charge in [-0.15, -0.1) is 0 Å². The van der Waals surface area contributed by atoms with Crippen molar-refractivity contribution in [3.8, 4) is 23.0 Å². The predicted octanol–water partition coefficient (Wildman–Crippen LogP) is 4.62. The smallest absolute Gasteiger partial charge is 0.161 e. The van der Waals surface area contributed by atoms with Crippen molar-refractivity contribution >= 4 is 0 Å². The number of methoxy groups -OCH3 is 3. The molecule has 5 nitrogen and oxygen atoms in total. The summed E-state index contributed by atoms with van der Waals surface area (Å²) in [6.07, 6.45) is 0.897. The highest BCUT2D eigenvalue weighted by Crippen LogP contribution is 2.29. The van der Waals surface area contributed by atoms with E-state index in [9.17, 15) is 0 Å². The number of nitrogens with one attached hydrogen (secondary N) is 1. The van der Waals surface area contributed by atoms with Crippen molar-refractivity contribution in [1.29, 1.82) is 0 Å². The first-order valence-electron chi connectivity index (χ1n) is 9.98. The van der Waals surface area contributed by atoms with E-state index in [0.29, 0.717) is 6.61 Å². The number of benzene rings is 3. The largest absolute Gasteiger partial charge is 0.493 e. The molecule has 0 atom stereocenters. The summed E-state index contributed by atoms with van der Waals surface area (Å²) in [5, 5.41) is 3.49. The molecule has 0 aliphatic rings. The van der Waals surface area contributed by atoms with Gasteiger partial charge in [0.2, 0.25) is 0 Å². The lowest BCUT2D eigenvalue weighted by atomic mass is 10.1. The molecule has 0 fully saturated rings. The zero-order valence-electron chi connectivity index (χ0n) is 17.8. The first-order chi connectivity index (χ1) is 14.7. The molecular weight excluding hydrogens is 378 g/mol. The first kappa shape index (κ1) is 21.5. The molecule has 3 rings (SSSR count). The summed E-state index contributed by atoms with van der Waals surface area (Å²) in [5.41, 5.74) is 3.46. The Morgan fingerprint density at radius 3 is 1.97 bits per heavy atom. The fourth-order valence-electron chi connectivity index (χ4n) is 3.18. The summed E-state index contributed by atoms with van der Waals surface area (Å²) >= 11 is 0. The Balaban J connectivity index is 1.54. The van der Waals surface area contributed by atoms with E-state index in [1.165, 1.54) is 5.56 Å². The van der Waals surface area contributed by atoms with E-state index in [4.69, 9.17) is 18.9 Å². The molecule has 0 amide bonds. The van der Waals surface area contributed by atoms with Crippen molar-refractivity contribution in [1.82, 2.24) is 5.32 Å². The molecule has 0 aliphatic carbocycles. The Kier molecular flexibility index (Phi) is 7.98. The number of ether oxygens (including phenoxy) is 4. The van der Waals surface area contributed by atoms with Crippen LogP contribution in [0.4, 0.5) is 0 Å². The minimum Gasteiger partial charge on any atom is -0.493 e. The molecule has 1 N–H and O–H groups in total. The molecule has 0 saturated heterocycles. The van der Waals surface area contributed by atoms with E-state index < -0.39 is 0 Å². The maximum atomic E-state index is 6.00. The predicted molar refractivity (Wildman–Crippen MR) is 119 cm³/mol. The standard InChI is InChI=1S/C25H29NO4/c1-27-22-11-9-19(15-24(22)29-3)13-14-26-17-21-10-12-23(28-2)25(16-21)30-18-20-7-5-4-6-8-20/h4-12,15-16,26H,13-14,17-18H2,1-3H3. The Morgan fingerprint density at radius 1 is 0.633 bits per heavy atom. The summed E-state index contributed by atoms with van der Waals surface area (Å²) in [6, 6.07) is 22.2. The lowest BCUT2D eigenvalue weighted by Crippen LogP contribution is -2.16. The summed E-state index contributed by atoms with van der Waals surface area (Å²) in [6.45, 7) is 2.11. The van der Waals surface area contributed by atoms with Crippen LogP contribution >= 0.6 is 0 Å². The third-order valence-corrected chi connectivity index (χ3v) is 4.83. The Bertz CT molecular complexity index is 928. The van der Waals surface area contributed by atoms with Gasteiger partial charge in [-0.25, -0.2) is 0 Å². The molecule has 3 aromatic carbocycles. The van der Waals surface area contributed by atoms with Crippen LogP contribution in [0.2, 0.25) is 0 Å². The molecular formula is C25H29NO4. The highest BCUT2D eigenvalue weighted by atomic mass is 16.5. The van der Waals surface area contributed by atoms with Crippen LogP contribution in [0.25, 0.3) is 0 Å². The lowest BCUT2D eigenvalue weighted by Gasteiger charge is -2.13. The quantitative estimate of drug-likeness (QED) is 0.470. The molecule has 0 heterocycles. The van der Waals surface area contributed by atoms with Crippen LogP contribution in [0.3, 0.4) is 0 Å². The van der Waals surface area contributed by atoms with Gasteiger partial charge in [-0.3, -0.25) is 0 Å². The normalized spacial score (nSPS) is 10.5. The number of rotatable bonds is 11. The number of hydrogen-bond acceptors (Lipinski definition) is 5. The summed E-state index contributed by atoms with van der Waals surface area (Å²) in [7, 11) is 4.96. The van der Waals surface area contributed by atoms with E-state index in [-0.39, 0.29) is 0 Å². The molecule has 0 radical (unpaired) electrons. The van der Waals surface area contributed by atoms with Crippen molar-refractivity contribution in [3.05, 3.63) is 83.4 Å². The Labute approximate surface area is 178 Å². The second-order valence-electron chi connectivity index (χ2n) is 6.88. The minimum absolute atomic E-state index is 0.507. The molecule has 158 valence electrons. The van der Waals surface area contributed by atoms with Gasteiger partial charge in [0.1, 0.15) is 6.61 Å². The zero-order chi connectivity index (χ0) is 21.2. The average Bonchev–Trinajstić information content (AvgIpc) is 2.81. The second-order valence-corrected chi connectivity index (χ2v) is 6.88. The molecule has 3 aromatic rings. The van der Waals surface area contributed by atoms with Crippen molar-refractivity contribution in [2.45, 2.75) is 19.6 Å². The fourth-order valence-corrected chi connectivity index (χ4v) is 3.18. The minimum atomic E-state index is 0.507. The maximum absolute atomic E-state index is 6.00. The SMILES string of the molecule is COc1ccc(CCNCc2ccc(OC)c(OCc3ccccc3)c2)cc1OC. The van der Waals surface area contributed by atoms with Crippen molar-refractivity contribution < 1.29 is 18.9 Å². The van der Waals surface area contributed by atoms with Crippen molar-refractivity contribution in [2.24, 2.45) is 0 Å². The van der Waals surface area contributed by atoms with Crippen molar-refractivity contribution in [3.63, 3.8) is 0 Å². The highest BCUT2D eigenvalue weighted by Gasteiger charge is 2.07. The van der Waals surface area contributed by atoms with E-state index in [1.54, 1.807) is 21.3 Å². The summed E-state index contributed by atoms with van der Waals surface area (Å²) < 4.78 is 22.1. The zero-order valence-corrected chi connectivity index (χ0v) is 17.8. The molecule has 0 bridgehead atoms. The van der Waals surface area contributed by atoms with Gasteiger partial charge in [-0.1, -0.05) is 42.5 Å². The van der Waals surface area contributed by atoms with Gasteiger partial charge >= 0.3 is 0 Å². The average molecular weight is 408 g/mol. The van der Waals surface area contributed by atoms with E-state index in [0.717, 1.165) is 53.6 Å².